The Hall–Kier alpha value is -3.31. The Kier molecular flexibility index (Phi) is 6.76. The average molecular weight is 542 g/mol. The molecule has 1 aliphatic heterocycles. The van der Waals surface area contributed by atoms with E-state index in [-0.39, 0.29) is 5.75 Å². The highest BCUT2D eigenvalue weighted by atomic mass is 35.5. The van der Waals surface area contributed by atoms with Crippen LogP contribution >= 0.6 is 11.6 Å². The molecule has 5 rings (SSSR count). The molecule has 0 unspecified atom stereocenters. The van der Waals surface area contributed by atoms with Gasteiger partial charge in [-0.15, -0.1) is 10.2 Å². The lowest BCUT2D eigenvalue weighted by Gasteiger charge is -2.20. The summed E-state index contributed by atoms with van der Waals surface area (Å²) in [4.78, 5) is 8.45. The summed E-state index contributed by atoms with van der Waals surface area (Å²) < 4.78 is 36.8. The first-order chi connectivity index (χ1) is 17.7. The Morgan fingerprint density at radius 2 is 1.89 bits per heavy atom. The van der Waals surface area contributed by atoms with Gasteiger partial charge in [0.15, 0.2) is 21.5 Å². The van der Waals surface area contributed by atoms with Crippen LogP contribution < -0.4 is 4.74 Å². The van der Waals surface area contributed by atoms with E-state index in [1.54, 1.807) is 31.7 Å². The van der Waals surface area contributed by atoms with Gasteiger partial charge >= 0.3 is 0 Å². The van der Waals surface area contributed by atoms with E-state index in [0.717, 1.165) is 36.2 Å². The normalized spacial score (nSPS) is 14.9. The molecule has 10 nitrogen and oxygen atoms in total. The Bertz CT molecular complexity index is 1550. The summed E-state index contributed by atoms with van der Waals surface area (Å²) in [7, 11) is -2.11. The fraction of sp³-hybridized carbons (Fsp3) is 0.400. The largest absolute Gasteiger partial charge is 0.495 e. The zero-order valence-corrected chi connectivity index (χ0v) is 22.7. The quantitative estimate of drug-likeness (QED) is 0.329. The molecule has 1 aromatic carbocycles. The van der Waals surface area contributed by atoms with Crippen molar-refractivity contribution in [3.63, 3.8) is 0 Å². The van der Waals surface area contributed by atoms with Crippen molar-refractivity contribution < 1.29 is 13.2 Å². The van der Waals surface area contributed by atoms with Gasteiger partial charge < -0.3 is 4.74 Å². The van der Waals surface area contributed by atoms with Gasteiger partial charge in [0.2, 0.25) is 0 Å². The van der Waals surface area contributed by atoms with Crippen molar-refractivity contribution in [2.75, 3.05) is 7.11 Å². The van der Waals surface area contributed by atoms with Gasteiger partial charge in [-0.3, -0.25) is 9.25 Å². The van der Waals surface area contributed by atoms with Crippen LogP contribution in [-0.4, -0.2) is 55.3 Å². The molecule has 4 aromatic rings. The maximum atomic E-state index is 13.7. The number of aromatic nitrogens is 7. The first kappa shape index (κ1) is 25.3. The molecule has 0 spiro atoms. The fourth-order valence-electron chi connectivity index (χ4n) is 4.74. The summed E-state index contributed by atoms with van der Waals surface area (Å²) in [6.07, 6.45) is 6.59. The molecule has 0 radical (unpaired) electrons. The molecule has 12 heteroatoms. The van der Waals surface area contributed by atoms with E-state index < -0.39 is 21.0 Å². The van der Waals surface area contributed by atoms with Gasteiger partial charge in [0.05, 0.1) is 34.8 Å². The van der Waals surface area contributed by atoms with Gasteiger partial charge in [0.25, 0.3) is 0 Å². The Balaban J connectivity index is 1.60. The summed E-state index contributed by atoms with van der Waals surface area (Å²) in [5.74, 6) is 1.09. The number of fused-ring (bicyclic) bond motifs is 1. The predicted molar refractivity (Wildman–Crippen MR) is 140 cm³/mol. The second-order valence-electron chi connectivity index (χ2n) is 9.29. The molecule has 1 aliphatic rings. The minimum Gasteiger partial charge on any atom is -0.495 e. The predicted octanol–water partition coefficient (Wildman–Crippen LogP) is 3.94. The lowest BCUT2D eigenvalue weighted by atomic mass is 10.1. The molecule has 194 valence electrons. The summed E-state index contributed by atoms with van der Waals surface area (Å²) in [6, 6.07) is 5.69. The van der Waals surface area contributed by atoms with E-state index in [1.165, 1.54) is 12.4 Å². The molecule has 0 saturated heterocycles. The van der Waals surface area contributed by atoms with E-state index in [4.69, 9.17) is 16.3 Å². The molecular weight excluding hydrogens is 514 g/mol. The van der Waals surface area contributed by atoms with Crippen molar-refractivity contribution in [1.82, 2.24) is 34.5 Å². The van der Waals surface area contributed by atoms with Crippen LogP contribution in [0.2, 0.25) is 5.02 Å². The number of ether oxygens (including phenoxy) is 1. The van der Waals surface area contributed by atoms with Crippen molar-refractivity contribution in [3.8, 4) is 22.8 Å². The maximum absolute atomic E-state index is 13.7. The van der Waals surface area contributed by atoms with Crippen LogP contribution in [0.4, 0.5) is 0 Å². The van der Waals surface area contributed by atoms with Gasteiger partial charge in [0.1, 0.15) is 17.3 Å². The molecule has 3 aromatic heterocycles. The van der Waals surface area contributed by atoms with Gasteiger partial charge in [-0.1, -0.05) is 30.7 Å². The molecule has 0 N–H and O–H groups in total. The van der Waals surface area contributed by atoms with Gasteiger partial charge in [-0.2, -0.15) is 5.10 Å². The Labute approximate surface area is 220 Å². The standard InChI is InChI=1S/C25H28ClN7O3S/c1-15-7-5-9-21(36-4)23(15)33-22(30-31-25(33)19-13-29-32-10-6-8-20(19)32)14-37(34,35)17(3)16(2)24-27-11-18(26)12-28-24/h5,7,9,11-13,16-17H,6,8,10,14H2,1-4H3/t16-,17-/m0/s1. The second-order valence-corrected chi connectivity index (χ2v) is 12.1. The molecule has 4 heterocycles. The third-order valence-corrected chi connectivity index (χ3v) is 9.39. The highest BCUT2D eigenvalue weighted by Gasteiger charge is 2.33. The van der Waals surface area contributed by atoms with E-state index in [0.29, 0.717) is 33.9 Å². The third kappa shape index (κ3) is 4.61. The summed E-state index contributed by atoms with van der Waals surface area (Å²) in [5, 5.41) is 13.0. The SMILES string of the molecule is COc1cccc(C)c1-n1c(CS(=O)(=O)[C@@H](C)[C@H](C)c2ncc(Cl)cn2)nnc1-c1cnn2c1CCC2. The number of hydrogen-bond donors (Lipinski definition) is 0. The number of aryl methyl sites for hydroxylation is 2. The Morgan fingerprint density at radius 3 is 2.62 bits per heavy atom. The van der Waals surface area contributed by atoms with Crippen LogP contribution in [0.5, 0.6) is 5.75 Å². The topological polar surface area (TPSA) is 118 Å². The lowest BCUT2D eigenvalue weighted by molar-refractivity contribution is 0.412. The smallest absolute Gasteiger partial charge is 0.172 e. The number of benzene rings is 1. The number of sulfone groups is 1. The second kappa shape index (κ2) is 9.86. The third-order valence-electron chi connectivity index (χ3n) is 7.00. The zero-order valence-electron chi connectivity index (χ0n) is 21.1. The highest BCUT2D eigenvalue weighted by Crippen LogP contribution is 2.35. The van der Waals surface area contributed by atoms with E-state index >= 15 is 0 Å². The number of methoxy groups -OCH3 is 1. The molecule has 0 aliphatic carbocycles. The molecule has 0 fully saturated rings. The maximum Gasteiger partial charge on any atom is 0.172 e. The number of para-hydroxylation sites is 1. The van der Waals surface area contributed by atoms with Gasteiger partial charge in [-0.25, -0.2) is 18.4 Å². The monoisotopic (exact) mass is 541 g/mol. The first-order valence-electron chi connectivity index (χ1n) is 12.0. The van der Waals surface area contributed by atoms with E-state index in [2.05, 4.69) is 25.3 Å². The summed E-state index contributed by atoms with van der Waals surface area (Å²) in [6.45, 7) is 6.26. The number of hydrogen-bond acceptors (Lipinski definition) is 8. The van der Waals surface area contributed by atoms with Crippen molar-refractivity contribution >= 4 is 21.4 Å². The van der Waals surface area contributed by atoms with Crippen LogP contribution in [0.3, 0.4) is 0 Å². The molecule has 37 heavy (non-hydrogen) atoms. The lowest BCUT2D eigenvalue weighted by Crippen LogP contribution is -2.27. The van der Waals surface area contributed by atoms with Crippen LogP contribution in [-0.2, 0) is 28.6 Å². The zero-order chi connectivity index (χ0) is 26.3. The highest BCUT2D eigenvalue weighted by molar-refractivity contribution is 7.91. The fourth-order valence-corrected chi connectivity index (χ4v) is 6.39. The summed E-state index contributed by atoms with van der Waals surface area (Å²) in [5.41, 5.74) is 3.51. The van der Waals surface area contributed by atoms with Crippen molar-refractivity contribution in [2.45, 2.75) is 57.1 Å². The van der Waals surface area contributed by atoms with Crippen LogP contribution in [0.15, 0.2) is 36.8 Å². The van der Waals surface area contributed by atoms with E-state index in [9.17, 15) is 8.42 Å². The van der Waals surface area contributed by atoms with Gasteiger partial charge in [-0.05, 0) is 38.3 Å². The average Bonchev–Trinajstić information content (AvgIpc) is 3.60. The van der Waals surface area contributed by atoms with Crippen molar-refractivity contribution in [3.05, 3.63) is 64.7 Å². The number of nitrogens with zero attached hydrogens (tertiary/aromatic N) is 7. The Morgan fingerprint density at radius 1 is 1.14 bits per heavy atom. The van der Waals surface area contributed by atoms with Crippen molar-refractivity contribution in [1.29, 1.82) is 0 Å². The van der Waals surface area contributed by atoms with E-state index in [1.807, 2.05) is 29.8 Å². The van der Waals surface area contributed by atoms with Crippen LogP contribution in [0.1, 0.15) is 49.1 Å². The van der Waals surface area contributed by atoms with Crippen molar-refractivity contribution in [2.24, 2.45) is 0 Å². The minimum absolute atomic E-state index is 0.302. The first-order valence-corrected chi connectivity index (χ1v) is 14.1. The molecule has 0 amide bonds. The summed E-state index contributed by atoms with van der Waals surface area (Å²) >= 11 is 5.91. The molecule has 0 bridgehead atoms. The number of rotatable bonds is 8. The molecular formula is C25H28ClN7O3S. The molecule has 0 saturated carbocycles. The number of halogens is 1. The van der Waals surface area contributed by atoms with Crippen LogP contribution in [0.25, 0.3) is 17.1 Å². The van der Waals surface area contributed by atoms with Crippen LogP contribution in [0, 0.1) is 6.92 Å². The van der Waals surface area contributed by atoms with Gasteiger partial charge in [0, 0.05) is 30.6 Å². The minimum atomic E-state index is -3.70. The molecule has 2 atom stereocenters.